The van der Waals surface area contributed by atoms with Crippen molar-refractivity contribution in [3.8, 4) is 0 Å². The van der Waals surface area contributed by atoms with Gasteiger partial charge in [-0.05, 0) is 19.1 Å². The summed E-state index contributed by atoms with van der Waals surface area (Å²) < 4.78 is 2.22. The maximum atomic E-state index is 11.4. The van der Waals surface area contributed by atoms with Gasteiger partial charge in [0.05, 0.1) is 15.3 Å². The molecule has 1 atom stereocenters. The van der Waals surface area contributed by atoms with Crippen molar-refractivity contribution < 1.29 is 4.92 Å². The number of anilines is 1. The molecule has 2 heterocycles. The van der Waals surface area contributed by atoms with Gasteiger partial charge in [-0.25, -0.2) is 4.68 Å². The van der Waals surface area contributed by atoms with Gasteiger partial charge in [0.15, 0.2) is 0 Å². The van der Waals surface area contributed by atoms with E-state index < -0.39 is 0 Å². The summed E-state index contributed by atoms with van der Waals surface area (Å²) in [5, 5.41) is 18.8. The van der Waals surface area contributed by atoms with Crippen molar-refractivity contribution in [2.45, 2.75) is 32.7 Å². The van der Waals surface area contributed by atoms with E-state index in [2.05, 4.69) is 10.4 Å². The third-order valence-corrected chi connectivity index (χ3v) is 4.57. The van der Waals surface area contributed by atoms with E-state index in [-0.39, 0.29) is 22.6 Å². The monoisotopic (exact) mass is 328 g/mol. The summed E-state index contributed by atoms with van der Waals surface area (Å²) in [7, 11) is 1.70. The first-order valence-corrected chi connectivity index (χ1v) is 7.73. The van der Waals surface area contributed by atoms with Gasteiger partial charge >= 0.3 is 5.69 Å². The molecule has 0 spiro atoms. The highest BCUT2D eigenvalue weighted by atomic mass is 35.5. The van der Waals surface area contributed by atoms with Crippen LogP contribution in [0.5, 0.6) is 0 Å². The Kier molecular flexibility index (Phi) is 4.53. The lowest BCUT2D eigenvalue weighted by atomic mass is 10.1. The Morgan fingerprint density at radius 2 is 2.10 bits per heavy atom. The fraction of sp³-hybridized carbons (Fsp3) is 0.462. The molecule has 1 N–H and O–H groups in total. The largest absolute Gasteiger partial charge is 0.357 e. The maximum Gasteiger partial charge on any atom is 0.334 e. The van der Waals surface area contributed by atoms with E-state index in [0.29, 0.717) is 15.8 Å². The fourth-order valence-corrected chi connectivity index (χ4v) is 3.16. The summed E-state index contributed by atoms with van der Waals surface area (Å²) >= 11 is 7.38. The molecule has 114 valence electrons. The minimum Gasteiger partial charge on any atom is -0.357 e. The smallest absolute Gasteiger partial charge is 0.334 e. The zero-order valence-electron chi connectivity index (χ0n) is 12.3. The molecular weight excluding hydrogens is 312 g/mol. The Hall–Kier alpha value is -1.60. The van der Waals surface area contributed by atoms with E-state index in [9.17, 15) is 10.1 Å². The van der Waals surface area contributed by atoms with Crippen molar-refractivity contribution in [3.05, 3.63) is 37.2 Å². The third-order valence-electron chi connectivity index (χ3n) is 3.15. The molecule has 2 rings (SSSR count). The second kappa shape index (κ2) is 6.03. The van der Waals surface area contributed by atoms with Crippen molar-refractivity contribution in [1.82, 2.24) is 9.78 Å². The van der Waals surface area contributed by atoms with Crippen LogP contribution in [0.3, 0.4) is 0 Å². The number of aryl methyl sites for hydroxylation is 1. The molecular formula is C13H17ClN4O2S. The average Bonchev–Trinajstić information content (AvgIpc) is 2.94. The molecule has 1 unspecified atom stereocenters. The highest BCUT2D eigenvalue weighted by Crippen LogP contribution is 2.36. The summed E-state index contributed by atoms with van der Waals surface area (Å²) in [6.45, 7) is 5.72. The third kappa shape index (κ3) is 3.19. The SMILES string of the molecule is CC(C)c1nn(C)c(NC(C)c2ccc(Cl)s2)c1[N+](=O)[O-]. The molecule has 0 bridgehead atoms. The minimum atomic E-state index is -0.376. The summed E-state index contributed by atoms with van der Waals surface area (Å²) in [6.07, 6.45) is 0. The van der Waals surface area contributed by atoms with Crippen LogP contribution in [0.15, 0.2) is 12.1 Å². The van der Waals surface area contributed by atoms with Crippen LogP contribution < -0.4 is 5.32 Å². The summed E-state index contributed by atoms with van der Waals surface area (Å²) in [4.78, 5) is 12.0. The number of hydrogen-bond donors (Lipinski definition) is 1. The number of thiophene rings is 1. The Labute approximate surface area is 131 Å². The van der Waals surface area contributed by atoms with Crippen LogP contribution in [-0.4, -0.2) is 14.7 Å². The van der Waals surface area contributed by atoms with E-state index >= 15 is 0 Å². The highest BCUT2D eigenvalue weighted by molar-refractivity contribution is 7.16. The molecule has 0 amide bonds. The van der Waals surface area contributed by atoms with Crippen molar-refractivity contribution in [1.29, 1.82) is 0 Å². The maximum absolute atomic E-state index is 11.4. The van der Waals surface area contributed by atoms with Crippen LogP contribution in [0.4, 0.5) is 11.5 Å². The Bertz CT molecular complexity index is 665. The number of rotatable bonds is 5. The molecule has 6 nitrogen and oxygen atoms in total. The molecule has 0 fully saturated rings. The van der Waals surface area contributed by atoms with Gasteiger partial charge in [-0.1, -0.05) is 25.4 Å². The number of nitro groups is 1. The molecule has 0 radical (unpaired) electrons. The summed E-state index contributed by atoms with van der Waals surface area (Å²) in [5.41, 5.74) is 0.531. The number of nitrogens with one attached hydrogen (secondary N) is 1. The van der Waals surface area contributed by atoms with Gasteiger partial charge in [0, 0.05) is 17.8 Å². The zero-order chi connectivity index (χ0) is 15.7. The zero-order valence-corrected chi connectivity index (χ0v) is 13.8. The first-order chi connectivity index (χ1) is 9.81. The van der Waals surface area contributed by atoms with Crippen LogP contribution >= 0.6 is 22.9 Å². The molecule has 0 aliphatic heterocycles. The number of aromatic nitrogens is 2. The van der Waals surface area contributed by atoms with Crippen molar-refractivity contribution in [2.24, 2.45) is 7.05 Å². The lowest BCUT2D eigenvalue weighted by molar-refractivity contribution is -0.384. The van der Waals surface area contributed by atoms with Gasteiger partial charge < -0.3 is 5.32 Å². The molecule has 8 heteroatoms. The van der Waals surface area contributed by atoms with Gasteiger partial charge in [-0.2, -0.15) is 5.10 Å². The number of hydrogen-bond acceptors (Lipinski definition) is 5. The quantitative estimate of drug-likeness (QED) is 0.654. The van der Waals surface area contributed by atoms with Crippen molar-refractivity contribution >= 4 is 34.4 Å². The standard InChI is InChI=1S/C13H17ClN4O2S/c1-7(2)11-12(18(19)20)13(17(4)16-11)15-8(3)9-5-6-10(14)21-9/h5-8,15H,1-4H3. The molecule has 2 aromatic heterocycles. The molecule has 21 heavy (non-hydrogen) atoms. The second-order valence-electron chi connectivity index (χ2n) is 5.13. The van der Waals surface area contributed by atoms with E-state index in [0.717, 1.165) is 4.88 Å². The first-order valence-electron chi connectivity index (χ1n) is 6.54. The van der Waals surface area contributed by atoms with Crippen LogP contribution in [0.1, 0.15) is 43.3 Å². The summed E-state index contributed by atoms with van der Waals surface area (Å²) in [5.74, 6) is 0.402. The lowest BCUT2D eigenvalue weighted by Gasteiger charge is -2.13. The van der Waals surface area contributed by atoms with Crippen LogP contribution in [0, 0.1) is 10.1 Å². The minimum absolute atomic E-state index is 0.0151. The molecule has 0 saturated carbocycles. The van der Waals surface area contributed by atoms with E-state index in [1.54, 1.807) is 7.05 Å². The first kappa shape index (κ1) is 15.8. The lowest BCUT2D eigenvalue weighted by Crippen LogP contribution is -2.10. The van der Waals surface area contributed by atoms with E-state index in [4.69, 9.17) is 11.6 Å². The van der Waals surface area contributed by atoms with Gasteiger partial charge in [-0.15, -0.1) is 11.3 Å². The van der Waals surface area contributed by atoms with E-state index in [1.807, 2.05) is 32.9 Å². The normalized spacial score (nSPS) is 12.7. The number of halogens is 1. The van der Waals surface area contributed by atoms with Crippen LogP contribution in [0.2, 0.25) is 4.34 Å². The van der Waals surface area contributed by atoms with Gasteiger partial charge in [0.25, 0.3) is 0 Å². The van der Waals surface area contributed by atoms with Crippen LogP contribution in [0.25, 0.3) is 0 Å². The van der Waals surface area contributed by atoms with E-state index in [1.165, 1.54) is 16.0 Å². The van der Waals surface area contributed by atoms with Crippen molar-refractivity contribution in [2.75, 3.05) is 5.32 Å². The molecule has 0 aromatic carbocycles. The molecule has 0 aliphatic carbocycles. The Balaban J connectivity index is 2.37. The molecule has 0 aliphatic rings. The fourth-order valence-electron chi connectivity index (χ4n) is 2.10. The summed E-state index contributed by atoms with van der Waals surface area (Å²) in [6, 6.07) is 3.64. The average molecular weight is 329 g/mol. The van der Waals surface area contributed by atoms with Gasteiger partial charge in [-0.3, -0.25) is 10.1 Å². The van der Waals surface area contributed by atoms with Crippen molar-refractivity contribution in [3.63, 3.8) is 0 Å². The Morgan fingerprint density at radius 1 is 1.43 bits per heavy atom. The second-order valence-corrected chi connectivity index (χ2v) is 6.87. The van der Waals surface area contributed by atoms with Gasteiger partial charge in [0.2, 0.25) is 5.82 Å². The predicted octanol–water partition coefficient (Wildman–Crippen LogP) is 4.34. The molecule has 0 saturated heterocycles. The topological polar surface area (TPSA) is 73.0 Å². The number of nitrogens with zero attached hydrogens (tertiary/aromatic N) is 3. The van der Waals surface area contributed by atoms with Crippen LogP contribution in [-0.2, 0) is 7.05 Å². The van der Waals surface area contributed by atoms with Gasteiger partial charge in [0.1, 0.15) is 5.69 Å². The molecule has 2 aromatic rings. The Morgan fingerprint density at radius 3 is 2.57 bits per heavy atom. The predicted molar refractivity (Wildman–Crippen MR) is 85.3 cm³/mol. The highest BCUT2D eigenvalue weighted by Gasteiger charge is 2.29.